The molecule has 0 radical (unpaired) electrons. The Morgan fingerprint density at radius 1 is 1.00 bits per heavy atom. The van der Waals surface area contributed by atoms with Crippen LogP contribution >= 0.6 is 11.6 Å². The molecule has 0 N–H and O–H groups in total. The first-order valence-corrected chi connectivity index (χ1v) is 12.9. The number of methoxy groups -OCH3 is 1. The number of nitrogens with zero attached hydrogens (tertiary/aromatic N) is 6. The summed E-state index contributed by atoms with van der Waals surface area (Å²) >= 11 is 6.25. The fourth-order valence-corrected chi connectivity index (χ4v) is 5.40. The third kappa shape index (κ3) is 4.29. The quantitative estimate of drug-likeness (QED) is 0.268. The molecule has 0 saturated carbocycles. The lowest BCUT2D eigenvalue weighted by atomic mass is 9.69. The van der Waals surface area contributed by atoms with Gasteiger partial charge in [0.1, 0.15) is 12.2 Å². The SMILES string of the molecule is COc1cc(/C=C/c2nc3n(n2)CCCC3(c2ccccc2)c2ccc(Cl)cc2)cnc1-n1cnc(C)c1. The van der Waals surface area contributed by atoms with E-state index in [0.29, 0.717) is 17.4 Å². The maximum atomic E-state index is 6.25. The van der Waals surface area contributed by atoms with Gasteiger partial charge in [-0.15, -0.1) is 0 Å². The highest BCUT2D eigenvalue weighted by molar-refractivity contribution is 6.30. The number of hydrogen-bond acceptors (Lipinski definition) is 5. The van der Waals surface area contributed by atoms with E-state index in [4.69, 9.17) is 26.4 Å². The van der Waals surface area contributed by atoms with Crippen molar-refractivity contribution in [2.24, 2.45) is 0 Å². The molecule has 0 fully saturated rings. The summed E-state index contributed by atoms with van der Waals surface area (Å²) < 4.78 is 9.52. The molecule has 5 aromatic rings. The molecule has 0 bridgehead atoms. The van der Waals surface area contributed by atoms with Gasteiger partial charge in [0.25, 0.3) is 0 Å². The second kappa shape index (κ2) is 9.91. The van der Waals surface area contributed by atoms with Crippen LogP contribution in [0.3, 0.4) is 0 Å². The Bertz CT molecular complexity index is 1610. The van der Waals surface area contributed by atoms with Crippen LogP contribution in [0.4, 0.5) is 0 Å². The van der Waals surface area contributed by atoms with Gasteiger partial charge in [-0.3, -0.25) is 4.57 Å². The van der Waals surface area contributed by atoms with Crippen molar-refractivity contribution in [2.45, 2.75) is 31.7 Å². The number of aromatic nitrogens is 6. The standard InChI is InChI=1S/C30H27ClN6O/c1-21-19-36(20-33-21)28-26(38-2)17-22(18-32-28)9-14-27-34-29-30(15-6-16-37(29)35-27,23-7-4-3-5-8-23)24-10-12-25(31)13-11-24/h3-5,7-14,17-20H,6,15-16H2,1-2H3/b14-9+. The summed E-state index contributed by atoms with van der Waals surface area (Å²) in [6.07, 6.45) is 11.3. The Labute approximate surface area is 226 Å². The number of rotatable bonds is 6. The van der Waals surface area contributed by atoms with Crippen molar-refractivity contribution in [3.63, 3.8) is 0 Å². The highest BCUT2D eigenvalue weighted by atomic mass is 35.5. The highest BCUT2D eigenvalue weighted by Crippen LogP contribution is 2.45. The maximum Gasteiger partial charge on any atom is 0.180 e. The third-order valence-electron chi connectivity index (χ3n) is 7.05. The molecule has 6 rings (SSSR count). The number of fused-ring (bicyclic) bond motifs is 1. The van der Waals surface area contributed by atoms with Crippen molar-refractivity contribution in [1.82, 2.24) is 29.3 Å². The zero-order valence-corrected chi connectivity index (χ0v) is 22.0. The molecule has 0 amide bonds. The van der Waals surface area contributed by atoms with Crippen molar-refractivity contribution in [3.8, 4) is 11.6 Å². The Hall–Kier alpha value is -4.23. The van der Waals surface area contributed by atoms with Crippen molar-refractivity contribution < 1.29 is 4.74 Å². The van der Waals surface area contributed by atoms with E-state index in [1.165, 1.54) is 5.56 Å². The molecule has 1 atom stereocenters. The van der Waals surface area contributed by atoms with E-state index >= 15 is 0 Å². The van der Waals surface area contributed by atoms with Crippen LogP contribution in [0.25, 0.3) is 18.0 Å². The monoisotopic (exact) mass is 522 g/mol. The largest absolute Gasteiger partial charge is 0.493 e. The molecule has 0 saturated heterocycles. The highest BCUT2D eigenvalue weighted by Gasteiger charge is 2.43. The first kappa shape index (κ1) is 24.1. The number of imidazole rings is 1. The van der Waals surface area contributed by atoms with E-state index in [1.807, 2.05) is 65.0 Å². The summed E-state index contributed by atoms with van der Waals surface area (Å²) in [7, 11) is 1.64. The summed E-state index contributed by atoms with van der Waals surface area (Å²) in [4.78, 5) is 14.0. The minimum Gasteiger partial charge on any atom is -0.493 e. The predicted octanol–water partition coefficient (Wildman–Crippen LogP) is 6.13. The van der Waals surface area contributed by atoms with E-state index < -0.39 is 5.41 Å². The van der Waals surface area contributed by atoms with Crippen LogP contribution in [0.15, 0.2) is 79.4 Å². The van der Waals surface area contributed by atoms with E-state index in [-0.39, 0.29) is 0 Å². The van der Waals surface area contributed by atoms with Crippen LogP contribution in [0, 0.1) is 6.92 Å². The first-order valence-electron chi connectivity index (χ1n) is 12.6. The number of pyridine rings is 1. The second-order valence-electron chi connectivity index (χ2n) is 9.45. The van der Waals surface area contributed by atoms with Crippen LogP contribution in [-0.2, 0) is 12.0 Å². The summed E-state index contributed by atoms with van der Waals surface area (Å²) in [5, 5.41) is 5.59. The van der Waals surface area contributed by atoms with Gasteiger partial charge in [-0.1, -0.05) is 54.1 Å². The Balaban J connectivity index is 1.38. The van der Waals surface area contributed by atoms with Crippen molar-refractivity contribution in [3.05, 3.63) is 118 Å². The molecule has 7 nitrogen and oxygen atoms in total. The van der Waals surface area contributed by atoms with Crippen LogP contribution in [0.2, 0.25) is 5.02 Å². The Morgan fingerprint density at radius 2 is 1.79 bits per heavy atom. The lowest BCUT2D eigenvalue weighted by Crippen LogP contribution is -2.37. The molecule has 190 valence electrons. The van der Waals surface area contributed by atoms with E-state index in [9.17, 15) is 0 Å². The van der Waals surface area contributed by atoms with Crippen LogP contribution in [-0.4, -0.2) is 36.4 Å². The van der Waals surface area contributed by atoms with Crippen LogP contribution < -0.4 is 4.74 Å². The molecule has 38 heavy (non-hydrogen) atoms. The summed E-state index contributed by atoms with van der Waals surface area (Å²) in [6, 6.07) is 20.6. The normalized spacial score (nSPS) is 17.0. The summed E-state index contributed by atoms with van der Waals surface area (Å²) in [5.74, 6) is 2.95. The molecule has 1 aliphatic rings. The molecule has 1 aliphatic heterocycles. The fraction of sp³-hybridized carbons (Fsp3) is 0.200. The van der Waals surface area contributed by atoms with Crippen LogP contribution in [0.5, 0.6) is 5.75 Å². The van der Waals surface area contributed by atoms with Gasteiger partial charge in [-0.05, 0) is 66.8 Å². The molecule has 0 spiro atoms. The molecule has 2 aromatic carbocycles. The molecule has 0 aliphatic carbocycles. The van der Waals surface area contributed by atoms with Crippen molar-refractivity contribution in [1.29, 1.82) is 0 Å². The minimum atomic E-state index is -0.404. The third-order valence-corrected chi connectivity index (χ3v) is 7.30. The molecule has 3 aromatic heterocycles. The maximum absolute atomic E-state index is 6.25. The number of halogens is 1. The van der Waals surface area contributed by atoms with Gasteiger partial charge in [0.05, 0.1) is 18.2 Å². The smallest absolute Gasteiger partial charge is 0.180 e. The van der Waals surface area contributed by atoms with Crippen LogP contribution in [0.1, 0.15) is 46.9 Å². The fourth-order valence-electron chi connectivity index (χ4n) is 5.27. The van der Waals surface area contributed by atoms with Gasteiger partial charge in [0, 0.05) is 24.0 Å². The first-order chi connectivity index (χ1) is 18.6. The molecule has 4 heterocycles. The summed E-state index contributed by atoms with van der Waals surface area (Å²) in [6.45, 7) is 2.77. The van der Waals surface area contributed by atoms with Gasteiger partial charge in [0.15, 0.2) is 17.4 Å². The molecular formula is C30H27ClN6O. The molecule has 8 heteroatoms. The Kier molecular flexibility index (Phi) is 6.29. The van der Waals surface area contributed by atoms with Gasteiger partial charge in [0.2, 0.25) is 0 Å². The summed E-state index contributed by atoms with van der Waals surface area (Å²) in [5.41, 5.74) is 3.76. The number of benzene rings is 2. The van der Waals surface area contributed by atoms with Crippen molar-refractivity contribution >= 4 is 23.8 Å². The lowest BCUT2D eigenvalue weighted by Gasteiger charge is -2.37. The minimum absolute atomic E-state index is 0.404. The molecular weight excluding hydrogens is 496 g/mol. The zero-order chi connectivity index (χ0) is 26.1. The topological polar surface area (TPSA) is 70.7 Å². The van der Waals surface area contributed by atoms with Gasteiger partial charge >= 0.3 is 0 Å². The van der Waals surface area contributed by atoms with Crippen molar-refractivity contribution in [2.75, 3.05) is 7.11 Å². The van der Waals surface area contributed by atoms with Gasteiger partial charge in [-0.25, -0.2) is 19.6 Å². The number of aryl methyl sites for hydroxylation is 2. The number of ether oxygens (including phenoxy) is 1. The van der Waals surface area contributed by atoms with E-state index in [1.54, 1.807) is 13.4 Å². The van der Waals surface area contributed by atoms with E-state index in [0.717, 1.165) is 47.1 Å². The predicted molar refractivity (Wildman–Crippen MR) is 149 cm³/mol. The zero-order valence-electron chi connectivity index (χ0n) is 21.3. The van der Waals surface area contributed by atoms with E-state index in [2.05, 4.69) is 46.4 Å². The molecule has 1 unspecified atom stereocenters. The number of hydrogen-bond donors (Lipinski definition) is 0. The van der Waals surface area contributed by atoms with Gasteiger partial charge in [-0.2, -0.15) is 5.10 Å². The van der Waals surface area contributed by atoms with Gasteiger partial charge < -0.3 is 4.74 Å². The lowest BCUT2D eigenvalue weighted by molar-refractivity contribution is 0.378. The average Bonchev–Trinajstić information content (AvgIpc) is 3.58. The second-order valence-corrected chi connectivity index (χ2v) is 9.89. The Morgan fingerprint density at radius 3 is 2.53 bits per heavy atom. The average molecular weight is 523 g/mol.